The zero-order valence-corrected chi connectivity index (χ0v) is 11.4. The molecule has 0 saturated heterocycles. The van der Waals surface area contributed by atoms with E-state index in [2.05, 4.69) is 54.1 Å². The molecule has 1 aromatic heterocycles. The largest absolute Gasteiger partial charge is 0.383 e. The first-order valence-corrected chi connectivity index (χ1v) is 6.49. The quantitative estimate of drug-likeness (QED) is 0.848. The minimum atomic E-state index is 0.400. The number of aromatic nitrogens is 1. The molecule has 0 aliphatic rings. The number of benzene rings is 1. The van der Waals surface area contributed by atoms with Crippen molar-refractivity contribution in [2.45, 2.75) is 26.4 Å². The van der Waals surface area contributed by atoms with Crippen LogP contribution >= 0.6 is 0 Å². The first-order valence-electron chi connectivity index (χ1n) is 6.49. The molecule has 1 heterocycles. The fourth-order valence-corrected chi connectivity index (χ4v) is 2.38. The molecular weight excluding hydrogens is 224 g/mol. The van der Waals surface area contributed by atoms with Gasteiger partial charge in [0.15, 0.2) is 0 Å². The molecule has 2 aromatic rings. The van der Waals surface area contributed by atoms with Crippen LogP contribution in [0.5, 0.6) is 0 Å². The topological polar surface area (TPSA) is 26.2 Å². The summed E-state index contributed by atoms with van der Waals surface area (Å²) in [6.45, 7) is 7.02. The lowest BCUT2D eigenvalue weighted by Crippen LogP contribution is -2.32. The summed E-state index contributed by atoms with van der Waals surface area (Å²) in [5.74, 6) is 0. The van der Waals surface area contributed by atoms with Crippen LogP contribution in [-0.4, -0.2) is 30.9 Å². The summed E-state index contributed by atoms with van der Waals surface area (Å²) < 4.78 is 7.48. The zero-order valence-electron chi connectivity index (χ0n) is 11.4. The van der Waals surface area contributed by atoms with Gasteiger partial charge in [-0.15, -0.1) is 0 Å². The molecule has 1 unspecified atom stereocenters. The van der Waals surface area contributed by atoms with Crippen LogP contribution in [0.4, 0.5) is 0 Å². The lowest BCUT2D eigenvalue weighted by molar-refractivity contribution is 0.172. The van der Waals surface area contributed by atoms with Crippen LogP contribution in [-0.2, 0) is 11.3 Å². The number of nitrogens with one attached hydrogen (secondary N) is 1. The second kappa shape index (κ2) is 6.03. The molecule has 0 spiro atoms. The number of ether oxygens (including phenoxy) is 1. The number of para-hydroxylation sites is 1. The molecule has 1 atom stereocenters. The summed E-state index contributed by atoms with van der Waals surface area (Å²) >= 11 is 0. The Bertz CT molecular complexity index is 504. The maximum atomic E-state index is 5.12. The third-order valence-corrected chi connectivity index (χ3v) is 3.26. The first kappa shape index (κ1) is 13.1. The Balaban J connectivity index is 2.01. The summed E-state index contributed by atoms with van der Waals surface area (Å²) in [5.41, 5.74) is 2.63. The van der Waals surface area contributed by atoms with E-state index in [1.807, 2.05) is 0 Å². The van der Waals surface area contributed by atoms with Crippen molar-refractivity contribution in [3.63, 3.8) is 0 Å². The monoisotopic (exact) mass is 246 g/mol. The smallest absolute Gasteiger partial charge is 0.0613 e. The maximum absolute atomic E-state index is 5.12. The summed E-state index contributed by atoms with van der Waals surface area (Å²) in [4.78, 5) is 0. The first-order chi connectivity index (χ1) is 8.72. The van der Waals surface area contributed by atoms with Crippen LogP contribution in [0.1, 0.15) is 12.6 Å². The SMILES string of the molecule is COCC(C)NCCn1c(C)cc2ccccc21. The lowest BCUT2D eigenvalue weighted by Gasteiger charge is -2.14. The standard InChI is InChI=1S/C15H22N2O/c1-12(11-18-3)16-8-9-17-13(2)10-14-6-4-5-7-15(14)17/h4-7,10,12,16H,8-9,11H2,1-3H3. The van der Waals surface area contributed by atoms with Crippen molar-refractivity contribution in [1.29, 1.82) is 0 Å². The maximum Gasteiger partial charge on any atom is 0.0613 e. The normalized spacial score (nSPS) is 13.1. The molecule has 18 heavy (non-hydrogen) atoms. The van der Waals surface area contributed by atoms with Gasteiger partial charge in [0.1, 0.15) is 0 Å². The lowest BCUT2D eigenvalue weighted by atomic mass is 10.2. The van der Waals surface area contributed by atoms with E-state index in [9.17, 15) is 0 Å². The third-order valence-electron chi connectivity index (χ3n) is 3.26. The van der Waals surface area contributed by atoms with Crippen molar-refractivity contribution in [2.24, 2.45) is 0 Å². The van der Waals surface area contributed by atoms with E-state index in [0.29, 0.717) is 6.04 Å². The van der Waals surface area contributed by atoms with Gasteiger partial charge in [-0.3, -0.25) is 0 Å². The Labute approximate surface area is 109 Å². The van der Waals surface area contributed by atoms with Gasteiger partial charge in [-0.05, 0) is 31.4 Å². The van der Waals surface area contributed by atoms with E-state index in [1.165, 1.54) is 16.6 Å². The molecule has 0 bridgehead atoms. The third kappa shape index (κ3) is 2.92. The molecule has 0 fully saturated rings. The summed E-state index contributed by atoms with van der Waals surface area (Å²) in [6, 6.07) is 11.2. The van der Waals surface area contributed by atoms with Crippen molar-refractivity contribution in [3.05, 3.63) is 36.0 Å². The Hall–Kier alpha value is -1.32. The van der Waals surface area contributed by atoms with Gasteiger partial charge in [0.05, 0.1) is 6.61 Å². The molecule has 0 aliphatic carbocycles. The molecule has 2 rings (SSSR count). The van der Waals surface area contributed by atoms with Crippen LogP contribution in [0.15, 0.2) is 30.3 Å². The average molecular weight is 246 g/mol. The Morgan fingerprint density at radius 1 is 1.33 bits per heavy atom. The van der Waals surface area contributed by atoms with E-state index in [-0.39, 0.29) is 0 Å². The highest BCUT2D eigenvalue weighted by Gasteiger charge is 2.05. The van der Waals surface area contributed by atoms with E-state index in [1.54, 1.807) is 7.11 Å². The minimum Gasteiger partial charge on any atom is -0.383 e. The Kier molecular flexibility index (Phi) is 4.39. The van der Waals surface area contributed by atoms with Crippen LogP contribution in [0.2, 0.25) is 0 Å². The van der Waals surface area contributed by atoms with Crippen molar-refractivity contribution in [3.8, 4) is 0 Å². The molecule has 0 amide bonds. The van der Waals surface area contributed by atoms with Gasteiger partial charge in [0, 0.05) is 37.5 Å². The molecule has 3 heteroatoms. The second-order valence-electron chi connectivity index (χ2n) is 4.81. The number of hydrogen-bond acceptors (Lipinski definition) is 2. The molecule has 3 nitrogen and oxygen atoms in total. The Morgan fingerprint density at radius 2 is 2.11 bits per heavy atom. The highest BCUT2D eigenvalue weighted by molar-refractivity contribution is 5.81. The number of rotatable bonds is 6. The second-order valence-corrected chi connectivity index (χ2v) is 4.81. The van der Waals surface area contributed by atoms with Crippen molar-refractivity contribution in [1.82, 2.24) is 9.88 Å². The predicted octanol–water partition coefficient (Wildman–Crippen LogP) is 2.57. The molecule has 0 aliphatic heterocycles. The van der Waals surface area contributed by atoms with E-state index in [4.69, 9.17) is 4.74 Å². The highest BCUT2D eigenvalue weighted by atomic mass is 16.5. The number of fused-ring (bicyclic) bond motifs is 1. The number of nitrogens with zero attached hydrogens (tertiary/aromatic N) is 1. The van der Waals surface area contributed by atoms with E-state index in [0.717, 1.165) is 19.7 Å². The van der Waals surface area contributed by atoms with Crippen molar-refractivity contribution < 1.29 is 4.74 Å². The molecule has 0 radical (unpaired) electrons. The zero-order chi connectivity index (χ0) is 13.0. The molecule has 98 valence electrons. The van der Waals surface area contributed by atoms with Crippen LogP contribution in [0, 0.1) is 6.92 Å². The average Bonchev–Trinajstić information content (AvgIpc) is 2.66. The van der Waals surface area contributed by atoms with Crippen LogP contribution < -0.4 is 5.32 Å². The van der Waals surface area contributed by atoms with Crippen molar-refractivity contribution >= 4 is 10.9 Å². The molecule has 1 N–H and O–H groups in total. The number of hydrogen-bond donors (Lipinski definition) is 1. The van der Waals surface area contributed by atoms with Gasteiger partial charge < -0.3 is 14.6 Å². The van der Waals surface area contributed by atoms with Crippen LogP contribution in [0.3, 0.4) is 0 Å². The molecule has 1 aromatic carbocycles. The Morgan fingerprint density at radius 3 is 2.89 bits per heavy atom. The van der Waals surface area contributed by atoms with Gasteiger partial charge in [-0.2, -0.15) is 0 Å². The van der Waals surface area contributed by atoms with Gasteiger partial charge in [-0.25, -0.2) is 0 Å². The summed E-state index contributed by atoms with van der Waals surface area (Å²) in [5, 5.41) is 4.79. The number of aryl methyl sites for hydroxylation is 1. The number of methoxy groups -OCH3 is 1. The molecule has 0 saturated carbocycles. The summed E-state index contributed by atoms with van der Waals surface area (Å²) in [6.07, 6.45) is 0. The van der Waals surface area contributed by atoms with E-state index < -0.39 is 0 Å². The minimum absolute atomic E-state index is 0.400. The highest BCUT2D eigenvalue weighted by Crippen LogP contribution is 2.18. The molecular formula is C15H22N2O. The predicted molar refractivity (Wildman–Crippen MR) is 76.0 cm³/mol. The fourth-order valence-electron chi connectivity index (χ4n) is 2.38. The van der Waals surface area contributed by atoms with Gasteiger partial charge >= 0.3 is 0 Å². The van der Waals surface area contributed by atoms with Gasteiger partial charge in [-0.1, -0.05) is 18.2 Å². The summed E-state index contributed by atoms with van der Waals surface area (Å²) in [7, 11) is 1.74. The van der Waals surface area contributed by atoms with E-state index >= 15 is 0 Å². The fraction of sp³-hybridized carbons (Fsp3) is 0.467. The van der Waals surface area contributed by atoms with Crippen molar-refractivity contribution in [2.75, 3.05) is 20.3 Å². The van der Waals surface area contributed by atoms with Gasteiger partial charge in [0.2, 0.25) is 0 Å². The van der Waals surface area contributed by atoms with Crippen LogP contribution in [0.25, 0.3) is 10.9 Å². The van der Waals surface area contributed by atoms with Gasteiger partial charge in [0.25, 0.3) is 0 Å².